The highest BCUT2D eigenvalue weighted by Gasteiger charge is 2.38. The Labute approximate surface area is 202 Å². The van der Waals surface area contributed by atoms with Gasteiger partial charge in [0.15, 0.2) is 0 Å². The van der Waals surface area contributed by atoms with E-state index in [2.05, 4.69) is 15.1 Å². The minimum absolute atomic E-state index is 0.152. The van der Waals surface area contributed by atoms with Gasteiger partial charge < -0.3 is 30.7 Å². The molecule has 4 N–H and O–H groups in total. The number of carboxylic acid groups (broad SMARTS) is 1. The predicted octanol–water partition coefficient (Wildman–Crippen LogP) is 3.24. The van der Waals surface area contributed by atoms with Crippen molar-refractivity contribution < 1.29 is 32.6 Å². The van der Waals surface area contributed by atoms with Crippen molar-refractivity contribution in [3.8, 4) is 5.75 Å². The molecular weight excluding hydrogens is 477 g/mol. The number of rotatable bonds is 6. The number of halogens is 4. The van der Waals surface area contributed by atoms with Gasteiger partial charge in [-0.15, -0.1) is 0 Å². The van der Waals surface area contributed by atoms with Crippen LogP contribution in [0.5, 0.6) is 5.75 Å². The molecule has 0 aromatic heterocycles. The van der Waals surface area contributed by atoms with Crippen LogP contribution in [0.3, 0.4) is 0 Å². The number of likely N-dealkylation sites (tertiary alicyclic amines) is 2. The number of aliphatic carboxylic acids is 1. The molecule has 0 radical (unpaired) electrons. The van der Waals surface area contributed by atoms with Crippen molar-refractivity contribution in [3.63, 3.8) is 0 Å². The first-order chi connectivity index (χ1) is 16.0. The number of nitrogen functional groups attached to an aromatic ring is 1. The number of amides is 1. The van der Waals surface area contributed by atoms with Gasteiger partial charge in [-0.05, 0) is 44.8 Å². The molecule has 2 heterocycles. The summed E-state index contributed by atoms with van der Waals surface area (Å²) >= 11 is 6.08. The molecular formula is C22H32ClF3N4O4. The van der Waals surface area contributed by atoms with E-state index in [1.165, 1.54) is 39.5 Å². The molecule has 8 nitrogen and oxygen atoms in total. The molecule has 0 spiro atoms. The lowest BCUT2D eigenvalue weighted by atomic mass is 10.0. The van der Waals surface area contributed by atoms with E-state index in [1.54, 1.807) is 12.1 Å². The van der Waals surface area contributed by atoms with Crippen molar-refractivity contribution in [1.82, 2.24) is 15.1 Å². The minimum atomic E-state index is -5.08. The summed E-state index contributed by atoms with van der Waals surface area (Å²) in [5.74, 6) is -2.46. The topological polar surface area (TPSA) is 108 Å². The maximum atomic E-state index is 12.7. The van der Waals surface area contributed by atoms with E-state index in [0.29, 0.717) is 22.0 Å². The zero-order valence-electron chi connectivity index (χ0n) is 19.2. The normalized spacial score (nSPS) is 18.0. The van der Waals surface area contributed by atoms with E-state index >= 15 is 0 Å². The second-order valence-electron chi connectivity index (χ2n) is 8.37. The number of alkyl halides is 3. The number of carboxylic acids is 1. The Morgan fingerprint density at radius 2 is 1.65 bits per heavy atom. The molecule has 1 aromatic rings. The molecule has 192 valence electrons. The van der Waals surface area contributed by atoms with E-state index in [9.17, 15) is 18.0 Å². The van der Waals surface area contributed by atoms with Crippen molar-refractivity contribution >= 4 is 29.2 Å². The summed E-state index contributed by atoms with van der Waals surface area (Å²) in [6.07, 6.45) is 0.915. The highest BCUT2D eigenvalue weighted by Crippen LogP contribution is 2.29. The van der Waals surface area contributed by atoms with Crippen molar-refractivity contribution in [2.24, 2.45) is 0 Å². The van der Waals surface area contributed by atoms with Gasteiger partial charge >= 0.3 is 12.1 Å². The lowest BCUT2D eigenvalue weighted by molar-refractivity contribution is -0.192. The summed E-state index contributed by atoms with van der Waals surface area (Å²) in [4.78, 5) is 26.6. The molecule has 0 aliphatic carbocycles. The fourth-order valence-electron chi connectivity index (χ4n) is 3.95. The number of methoxy groups -OCH3 is 1. The van der Waals surface area contributed by atoms with Crippen LogP contribution in [0, 0.1) is 0 Å². The smallest absolute Gasteiger partial charge is 0.490 e. The van der Waals surface area contributed by atoms with Gasteiger partial charge in [0.2, 0.25) is 0 Å². The number of piperidine rings is 2. The van der Waals surface area contributed by atoms with Gasteiger partial charge in [0.1, 0.15) is 5.75 Å². The molecule has 1 aromatic carbocycles. The van der Waals surface area contributed by atoms with Gasteiger partial charge in [-0.2, -0.15) is 13.2 Å². The molecule has 2 saturated heterocycles. The number of carbonyl (C=O) groups is 2. The molecule has 0 atom stereocenters. The van der Waals surface area contributed by atoms with Crippen LogP contribution in [0.15, 0.2) is 12.1 Å². The van der Waals surface area contributed by atoms with Crippen LogP contribution in [0.2, 0.25) is 5.02 Å². The van der Waals surface area contributed by atoms with Gasteiger partial charge in [-0.3, -0.25) is 4.79 Å². The number of nitrogens with zero attached hydrogens (tertiary/aromatic N) is 2. The standard InChI is InChI=1S/C20H31ClN4O2.C2HF3O2/c1-27-19-14-18(22)17(21)13-16(19)20(26)23-15-5-9-25(10-6-15)12-11-24-7-3-2-4-8-24;3-2(4,5)1(6)7/h13-15H,2-12,22H2,1H3,(H,23,26);(H,6,7). The van der Waals surface area contributed by atoms with E-state index in [-0.39, 0.29) is 11.9 Å². The van der Waals surface area contributed by atoms with Gasteiger partial charge in [0.25, 0.3) is 5.91 Å². The van der Waals surface area contributed by atoms with Crippen molar-refractivity contribution in [1.29, 1.82) is 0 Å². The Hall–Kier alpha value is -2.24. The molecule has 1 amide bonds. The zero-order chi connectivity index (χ0) is 25.3. The molecule has 3 rings (SSSR count). The number of nitrogens with one attached hydrogen (secondary N) is 1. The van der Waals surface area contributed by atoms with Gasteiger partial charge in [-0.25, -0.2) is 4.79 Å². The molecule has 2 fully saturated rings. The largest absolute Gasteiger partial charge is 0.496 e. The van der Waals surface area contributed by atoms with E-state index in [1.807, 2.05) is 0 Å². The Morgan fingerprint density at radius 3 is 2.15 bits per heavy atom. The Kier molecular flexibility index (Phi) is 10.7. The first kappa shape index (κ1) is 28.0. The lowest BCUT2D eigenvalue weighted by Crippen LogP contribution is -2.46. The molecule has 0 unspecified atom stereocenters. The van der Waals surface area contributed by atoms with Crippen molar-refractivity contribution in [2.45, 2.75) is 44.3 Å². The van der Waals surface area contributed by atoms with Crippen molar-refractivity contribution in [2.75, 3.05) is 52.1 Å². The molecule has 0 saturated carbocycles. The number of anilines is 1. The zero-order valence-corrected chi connectivity index (χ0v) is 19.9. The van der Waals surface area contributed by atoms with Crippen LogP contribution in [-0.2, 0) is 4.79 Å². The fourth-order valence-corrected chi connectivity index (χ4v) is 4.11. The maximum Gasteiger partial charge on any atom is 0.490 e. The van der Waals surface area contributed by atoms with Gasteiger partial charge in [-0.1, -0.05) is 18.0 Å². The number of nitrogens with two attached hydrogens (primary N) is 1. The SMILES string of the molecule is COc1cc(N)c(Cl)cc1C(=O)NC1CCN(CCN2CCCCC2)CC1.O=C(O)C(F)(F)F. The Balaban J connectivity index is 0.000000509. The van der Waals surface area contributed by atoms with Gasteiger partial charge in [0.05, 0.1) is 23.4 Å². The number of benzene rings is 1. The average Bonchev–Trinajstić information content (AvgIpc) is 2.80. The quantitative estimate of drug-likeness (QED) is 0.506. The van der Waals surface area contributed by atoms with Gasteiger partial charge in [0, 0.05) is 38.3 Å². The summed E-state index contributed by atoms with van der Waals surface area (Å²) in [5, 5.41) is 10.6. The van der Waals surface area contributed by atoms with E-state index < -0.39 is 12.1 Å². The average molecular weight is 509 g/mol. The lowest BCUT2D eigenvalue weighted by Gasteiger charge is -2.34. The Morgan fingerprint density at radius 1 is 1.12 bits per heavy atom. The van der Waals surface area contributed by atoms with E-state index in [0.717, 1.165) is 39.0 Å². The predicted molar refractivity (Wildman–Crippen MR) is 123 cm³/mol. The summed E-state index contributed by atoms with van der Waals surface area (Å²) < 4.78 is 37.0. The Bertz CT molecular complexity index is 827. The summed E-state index contributed by atoms with van der Waals surface area (Å²) in [7, 11) is 1.53. The van der Waals surface area contributed by atoms with Crippen LogP contribution < -0.4 is 15.8 Å². The number of carbonyl (C=O) groups excluding carboxylic acids is 1. The second kappa shape index (κ2) is 13.0. The maximum absolute atomic E-state index is 12.7. The van der Waals surface area contributed by atoms with Crippen LogP contribution >= 0.6 is 11.6 Å². The van der Waals surface area contributed by atoms with Crippen LogP contribution in [0.25, 0.3) is 0 Å². The third kappa shape index (κ3) is 8.84. The van der Waals surface area contributed by atoms with Crippen LogP contribution in [0.4, 0.5) is 18.9 Å². The number of hydrogen-bond acceptors (Lipinski definition) is 6. The fraction of sp³-hybridized carbons (Fsp3) is 0.636. The van der Waals surface area contributed by atoms with Crippen LogP contribution in [0.1, 0.15) is 42.5 Å². The van der Waals surface area contributed by atoms with E-state index in [4.69, 9.17) is 32.0 Å². The second-order valence-corrected chi connectivity index (χ2v) is 8.78. The molecule has 12 heteroatoms. The first-order valence-corrected chi connectivity index (χ1v) is 11.6. The number of hydrogen-bond donors (Lipinski definition) is 3. The highest BCUT2D eigenvalue weighted by molar-refractivity contribution is 6.33. The third-order valence-electron chi connectivity index (χ3n) is 5.91. The highest BCUT2D eigenvalue weighted by atomic mass is 35.5. The molecule has 2 aliphatic heterocycles. The molecule has 2 aliphatic rings. The molecule has 34 heavy (non-hydrogen) atoms. The molecule has 0 bridgehead atoms. The summed E-state index contributed by atoms with van der Waals surface area (Å²) in [6, 6.07) is 3.36. The first-order valence-electron chi connectivity index (χ1n) is 11.2. The number of ether oxygens (including phenoxy) is 1. The summed E-state index contributed by atoms with van der Waals surface area (Å²) in [5.41, 5.74) is 6.64. The third-order valence-corrected chi connectivity index (χ3v) is 6.24. The van der Waals surface area contributed by atoms with Crippen molar-refractivity contribution in [3.05, 3.63) is 22.7 Å². The minimum Gasteiger partial charge on any atom is -0.496 e. The van der Waals surface area contributed by atoms with Crippen LogP contribution in [-0.4, -0.2) is 85.4 Å². The summed E-state index contributed by atoms with van der Waals surface area (Å²) in [6.45, 7) is 6.84. The monoisotopic (exact) mass is 508 g/mol.